The zero-order chi connectivity index (χ0) is 39.9. The lowest BCUT2D eigenvalue weighted by molar-refractivity contribution is -0.119. The molecule has 11 heteroatoms. The van der Waals surface area contributed by atoms with Gasteiger partial charge in [-0.15, -0.1) is 0 Å². The number of carbonyl (C=O) groups is 4. The lowest BCUT2D eigenvalue weighted by atomic mass is 10.1. The Balaban J connectivity index is 0.000000354. The molecule has 0 fully saturated rings. The first-order valence-electron chi connectivity index (χ1n) is 17.5. The number of nitrogen functional groups attached to an aromatic ring is 1. The van der Waals surface area contributed by atoms with Gasteiger partial charge in [-0.2, -0.15) is 0 Å². The third-order valence-electron chi connectivity index (χ3n) is 7.11. The number of primary amides is 1. The number of para-hydroxylation sites is 2. The minimum Gasteiger partial charge on any atom is -0.489 e. The lowest BCUT2D eigenvalue weighted by Gasteiger charge is -2.07. The van der Waals surface area contributed by atoms with Crippen LogP contribution in [0.2, 0.25) is 0 Å². The van der Waals surface area contributed by atoms with Crippen molar-refractivity contribution in [2.75, 3.05) is 42.0 Å². The molecule has 0 aliphatic carbocycles. The predicted octanol–water partition coefficient (Wildman–Crippen LogP) is 7.85. The van der Waals surface area contributed by atoms with Crippen molar-refractivity contribution < 1.29 is 28.7 Å². The molecule has 286 valence electrons. The van der Waals surface area contributed by atoms with E-state index in [4.69, 9.17) is 20.9 Å². The Morgan fingerprint density at radius 3 is 1.25 bits per heavy atom. The second kappa shape index (κ2) is 24.5. The van der Waals surface area contributed by atoms with Crippen LogP contribution in [-0.4, -0.2) is 44.0 Å². The number of carbonyl (C=O) groups excluding carboxylic acids is 4. The van der Waals surface area contributed by atoms with Crippen LogP contribution in [0.3, 0.4) is 0 Å². The van der Waals surface area contributed by atoms with Crippen molar-refractivity contribution in [3.8, 4) is 5.75 Å². The van der Waals surface area contributed by atoms with Crippen molar-refractivity contribution in [2.24, 2.45) is 23.5 Å². The molecule has 0 radical (unpaired) electrons. The van der Waals surface area contributed by atoms with Gasteiger partial charge in [-0.1, -0.05) is 89.1 Å². The summed E-state index contributed by atoms with van der Waals surface area (Å²) in [5, 5.41) is 8.38. The highest BCUT2D eigenvalue weighted by Crippen LogP contribution is 2.19. The molecule has 53 heavy (non-hydrogen) atoms. The highest BCUT2D eigenvalue weighted by molar-refractivity contribution is 5.95. The molecule has 0 aliphatic rings. The van der Waals surface area contributed by atoms with E-state index in [2.05, 4.69) is 16.0 Å². The summed E-state index contributed by atoms with van der Waals surface area (Å²) in [6, 6.07) is 29.5. The quantitative estimate of drug-likeness (QED) is 0.0772. The van der Waals surface area contributed by atoms with Crippen LogP contribution in [0.25, 0.3) is 0 Å². The second-order valence-electron chi connectivity index (χ2n) is 13.0. The number of ether oxygens (including phenoxy) is 2. The molecular formula is C42H57N5O6. The standard InChI is InChI=1S/C11H14N2O2.2C11H15NO.C9H13NO2/c1-7(2)11(15)13-9-5-3-8(4-6-9)10(12)14;2*1-8(2)11(13)12-10-6-4-9(3)5-7-10;1-11-6-7-12-9-5-3-2-4-8(9)10/h3-7H,1-2H3,(H2,12,14)(H,13,15);2*4-8H,1-3H3,(H,12,13);2-5H,6-7,10H2,1H3. The summed E-state index contributed by atoms with van der Waals surface area (Å²) in [6.07, 6.45) is 0. The molecule has 0 saturated heterocycles. The molecule has 0 saturated carbocycles. The maximum absolute atomic E-state index is 11.3. The number of rotatable bonds is 11. The Hall–Kier alpha value is -5.68. The van der Waals surface area contributed by atoms with Gasteiger partial charge in [0.2, 0.25) is 23.6 Å². The fraction of sp³-hybridized carbons (Fsp3) is 0.333. The van der Waals surface area contributed by atoms with E-state index in [9.17, 15) is 19.2 Å². The first-order valence-corrected chi connectivity index (χ1v) is 17.5. The van der Waals surface area contributed by atoms with Gasteiger partial charge >= 0.3 is 0 Å². The SMILES string of the molecule is CC(C)C(=O)Nc1ccc(C(N)=O)cc1.COCCOc1ccccc1N.Cc1ccc(NC(=O)C(C)C)cc1.Cc1ccc(NC(=O)C(C)C)cc1. The first kappa shape index (κ1) is 45.3. The average Bonchev–Trinajstić information content (AvgIpc) is 3.12. The summed E-state index contributed by atoms with van der Waals surface area (Å²) >= 11 is 0. The monoisotopic (exact) mass is 727 g/mol. The van der Waals surface area contributed by atoms with Gasteiger partial charge in [0, 0.05) is 47.5 Å². The molecule has 0 heterocycles. The molecule has 0 aromatic heterocycles. The van der Waals surface area contributed by atoms with E-state index < -0.39 is 5.91 Å². The van der Waals surface area contributed by atoms with E-state index in [1.807, 2.05) is 128 Å². The number of anilines is 4. The summed E-state index contributed by atoms with van der Waals surface area (Å²) < 4.78 is 10.2. The fourth-order valence-electron chi connectivity index (χ4n) is 3.70. The molecule has 0 unspecified atom stereocenters. The van der Waals surface area contributed by atoms with Crippen LogP contribution in [0.15, 0.2) is 97.1 Å². The molecule has 0 bridgehead atoms. The summed E-state index contributed by atoms with van der Waals surface area (Å²) in [6.45, 7) is 16.3. The van der Waals surface area contributed by atoms with Gasteiger partial charge in [0.15, 0.2) is 0 Å². The molecule has 4 aromatic carbocycles. The van der Waals surface area contributed by atoms with Crippen LogP contribution in [0.1, 0.15) is 63.0 Å². The fourth-order valence-corrected chi connectivity index (χ4v) is 3.70. The van der Waals surface area contributed by atoms with E-state index in [0.29, 0.717) is 30.2 Å². The van der Waals surface area contributed by atoms with Crippen molar-refractivity contribution in [2.45, 2.75) is 55.4 Å². The van der Waals surface area contributed by atoms with E-state index in [1.54, 1.807) is 31.4 Å². The molecule has 0 atom stereocenters. The van der Waals surface area contributed by atoms with Crippen molar-refractivity contribution in [3.05, 3.63) is 114 Å². The Morgan fingerprint density at radius 1 is 0.566 bits per heavy atom. The number of hydrogen-bond acceptors (Lipinski definition) is 7. The van der Waals surface area contributed by atoms with E-state index in [-0.39, 0.29) is 35.5 Å². The van der Waals surface area contributed by atoms with E-state index >= 15 is 0 Å². The number of hydrogen-bond donors (Lipinski definition) is 5. The van der Waals surface area contributed by atoms with Gasteiger partial charge in [-0.25, -0.2) is 0 Å². The van der Waals surface area contributed by atoms with Gasteiger partial charge in [-0.05, 0) is 74.5 Å². The number of benzene rings is 4. The minimum absolute atomic E-state index is 0.0290. The van der Waals surface area contributed by atoms with Crippen LogP contribution in [0, 0.1) is 31.6 Å². The van der Waals surface area contributed by atoms with Gasteiger partial charge in [0.25, 0.3) is 0 Å². The summed E-state index contributed by atoms with van der Waals surface area (Å²) in [4.78, 5) is 44.7. The molecule has 0 spiro atoms. The smallest absolute Gasteiger partial charge is 0.248 e. The largest absolute Gasteiger partial charge is 0.489 e. The second-order valence-corrected chi connectivity index (χ2v) is 13.0. The number of methoxy groups -OCH3 is 1. The zero-order valence-corrected chi connectivity index (χ0v) is 32.5. The zero-order valence-electron chi connectivity index (χ0n) is 32.5. The highest BCUT2D eigenvalue weighted by atomic mass is 16.5. The number of amides is 4. The molecular weight excluding hydrogens is 670 g/mol. The predicted molar refractivity (Wildman–Crippen MR) is 216 cm³/mol. The molecule has 4 amide bonds. The molecule has 11 nitrogen and oxygen atoms in total. The molecule has 4 aromatic rings. The number of aryl methyl sites for hydroxylation is 2. The maximum Gasteiger partial charge on any atom is 0.248 e. The van der Waals surface area contributed by atoms with Crippen molar-refractivity contribution in [3.63, 3.8) is 0 Å². The third-order valence-corrected chi connectivity index (χ3v) is 7.11. The summed E-state index contributed by atoms with van der Waals surface area (Å²) in [7, 11) is 1.64. The van der Waals surface area contributed by atoms with Crippen molar-refractivity contribution in [1.82, 2.24) is 0 Å². The normalized spacial score (nSPS) is 10.0. The molecule has 0 aliphatic heterocycles. The van der Waals surface area contributed by atoms with Gasteiger partial charge in [0.05, 0.1) is 12.3 Å². The average molecular weight is 728 g/mol. The summed E-state index contributed by atoms with van der Waals surface area (Å²) in [5.74, 6) is 0.296. The van der Waals surface area contributed by atoms with Crippen LogP contribution >= 0.6 is 0 Å². The van der Waals surface area contributed by atoms with Gasteiger partial charge < -0.3 is 36.9 Å². The Bertz CT molecular complexity index is 1620. The van der Waals surface area contributed by atoms with Crippen LogP contribution in [-0.2, 0) is 19.1 Å². The van der Waals surface area contributed by atoms with E-state index in [0.717, 1.165) is 17.1 Å². The number of nitrogens with one attached hydrogen (secondary N) is 3. The first-order chi connectivity index (χ1) is 25.0. The Kier molecular flexibility index (Phi) is 21.0. The summed E-state index contributed by atoms with van der Waals surface area (Å²) in [5.41, 5.74) is 16.6. The highest BCUT2D eigenvalue weighted by Gasteiger charge is 2.08. The molecule has 4 rings (SSSR count). The van der Waals surface area contributed by atoms with Crippen LogP contribution < -0.4 is 32.2 Å². The van der Waals surface area contributed by atoms with E-state index in [1.165, 1.54) is 11.1 Å². The maximum atomic E-state index is 11.3. The Labute approximate surface area is 314 Å². The molecule has 7 N–H and O–H groups in total. The minimum atomic E-state index is -0.475. The van der Waals surface area contributed by atoms with Crippen LogP contribution in [0.4, 0.5) is 22.7 Å². The van der Waals surface area contributed by atoms with Crippen molar-refractivity contribution in [1.29, 1.82) is 0 Å². The van der Waals surface area contributed by atoms with Crippen molar-refractivity contribution >= 4 is 46.4 Å². The topological polar surface area (TPSA) is 175 Å². The third kappa shape index (κ3) is 19.5. The lowest BCUT2D eigenvalue weighted by Crippen LogP contribution is -2.18. The van der Waals surface area contributed by atoms with Gasteiger partial charge in [-0.3, -0.25) is 19.2 Å². The Morgan fingerprint density at radius 2 is 0.925 bits per heavy atom. The van der Waals surface area contributed by atoms with Gasteiger partial charge in [0.1, 0.15) is 12.4 Å². The van der Waals surface area contributed by atoms with Crippen LogP contribution in [0.5, 0.6) is 5.75 Å². The number of nitrogens with two attached hydrogens (primary N) is 2.